The topological polar surface area (TPSA) is 84.5 Å². The van der Waals surface area contributed by atoms with Crippen molar-refractivity contribution >= 4 is 33.9 Å². The van der Waals surface area contributed by atoms with Crippen molar-refractivity contribution in [3.63, 3.8) is 0 Å². The van der Waals surface area contributed by atoms with Crippen molar-refractivity contribution < 1.29 is 19.4 Å². The molecule has 1 heterocycles. The van der Waals surface area contributed by atoms with Crippen molar-refractivity contribution in [3.05, 3.63) is 71.8 Å². The van der Waals surface area contributed by atoms with E-state index >= 15 is 0 Å². The summed E-state index contributed by atoms with van der Waals surface area (Å²) in [5.74, 6) is 0.289. The van der Waals surface area contributed by atoms with Crippen molar-refractivity contribution in [1.82, 2.24) is 4.57 Å². The molecule has 0 spiro atoms. The number of hydrogen-bond acceptors (Lipinski definition) is 4. The summed E-state index contributed by atoms with van der Waals surface area (Å²) < 4.78 is 12.9. The number of aromatic nitrogens is 1. The zero-order valence-corrected chi connectivity index (χ0v) is 16.4. The second-order valence-corrected chi connectivity index (χ2v) is 6.67. The summed E-state index contributed by atoms with van der Waals surface area (Å²) in [6.07, 6.45) is 1.35. The summed E-state index contributed by atoms with van der Waals surface area (Å²) in [5, 5.41) is 20.1. The Labute approximate surface area is 172 Å². The van der Waals surface area contributed by atoms with Crippen LogP contribution in [0, 0.1) is 11.3 Å². The van der Waals surface area contributed by atoms with Crippen molar-refractivity contribution in [2.24, 2.45) is 0 Å². The fourth-order valence-electron chi connectivity index (χ4n) is 3.54. The van der Waals surface area contributed by atoms with Crippen LogP contribution < -0.4 is 9.47 Å². The lowest BCUT2D eigenvalue weighted by atomic mass is 10.1. The lowest BCUT2D eigenvalue weighted by Crippen LogP contribution is -1.97. The number of carbonyl (C=O) groups is 1. The average Bonchev–Trinajstić information content (AvgIpc) is 3.10. The summed E-state index contributed by atoms with van der Waals surface area (Å²) in [7, 11) is 3.28. The maximum absolute atomic E-state index is 11.1. The average molecular weight is 398 g/mol. The van der Waals surface area contributed by atoms with E-state index in [1.165, 1.54) is 6.08 Å². The molecule has 148 valence electrons. The quantitative estimate of drug-likeness (QED) is 0.386. The smallest absolute Gasteiger partial charge is 0.346 e. The van der Waals surface area contributed by atoms with Gasteiger partial charge >= 0.3 is 5.97 Å². The molecule has 0 aliphatic heterocycles. The molecule has 6 nitrogen and oxygen atoms in total. The molecule has 0 saturated heterocycles. The first-order chi connectivity index (χ1) is 14.5. The van der Waals surface area contributed by atoms with Crippen LogP contribution in [0.4, 0.5) is 0 Å². The van der Waals surface area contributed by atoms with Gasteiger partial charge in [-0.25, -0.2) is 4.79 Å². The molecule has 6 heteroatoms. The number of benzene rings is 3. The van der Waals surface area contributed by atoms with Crippen molar-refractivity contribution in [3.8, 4) is 23.3 Å². The van der Waals surface area contributed by atoms with Crippen LogP contribution in [0.3, 0.4) is 0 Å². The first-order valence-corrected chi connectivity index (χ1v) is 9.17. The molecule has 1 N–H and O–H groups in total. The van der Waals surface area contributed by atoms with E-state index in [0.29, 0.717) is 5.56 Å². The van der Waals surface area contributed by atoms with Gasteiger partial charge in [0, 0.05) is 16.5 Å². The van der Waals surface area contributed by atoms with Gasteiger partial charge in [-0.2, -0.15) is 5.26 Å². The summed E-state index contributed by atoms with van der Waals surface area (Å²) in [6, 6.07) is 20.9. The highest BCUT2D eigenvalue weighted by molar-refractivity contribution is 6.10. The Morgan fingerprint density at radius 2 is 1.47 bits per heavy atom. The molecule has 4 rings (SSSR count). The standard InChI is InChI=1S/C24H18N2O4/c1-29-18-7-9-22-20(12-18)21-13-19(30-2)8-10-23(21)26(22)17-5-3-15(4-6-17)11-16(14-25)24(27)28/h3-13H,1-2H3,(H,27,28)/b16-11+. The van der Waals surface area contributed by atoms with Gasteiger partial charge < -0.3 is 19.1 Å². The van der Waals surface area contributed by atoms with E-state index in [0.717, 1.165) is 39.0 Å². The number of carboxylic acids is 1. The molecule has 0 fully saturated rings. The van der Waals surface area contributed by atoms with E-state index < -0.39 is 5.97 Å². The van der Waals surface area contributed by atoms with Crippen LogP contribution in [-0.4, -0.2) is 29.9 Å². The van der Waals surface area contributed by atoms with Gasteiger partial charge in [0.1, 0.15) is 23.1 Å². The molecule has 3 aromatic carbocycles. The second kappa shape index (κ2) is 7.64. The summed E-state index contributed by atoms with van der Waals surface area (Å²) in [4.78, 5) is 11.1. The molecule has 0 aliphatic carbocycles. The highest BCUT2D eigenvalue weighted by Gasteiger charge is 2.14. The Hall–Kier alpha value is -4.24. The van der Waals surface area contributed by atoms with Crippen molar-refractivity contribution in [2.45, 2.75) is 0 Å². The third-order valence-corrected chi connectivity index (χ3v) is 4.99. The zero-order valence-electron chi connectivity index (χ0n) is 16.4. The predicted octanol–water partition coefficient (Wildman–Crippen LogP) is 4.79. The predicted molar refractivity (Wildman–Crippen MR) is 115 cm³/mol. The molecule has 0 amide bonds. The number of rotatable bonds is 5. The lowest BCUT2D eigenvalue weighted by Gasteiger charge is -2.09. The maximum atomic E-state index is 11.1. The summed E-state index contributed by atoms with van der Waals surface area (Å²) in [5.41, 5.74) is 3.26. The van der Waals surface area contributed by atoms with Gasteiger partial charge in [0.05, 0.1) is 25.3 Å². The van der Waals surface area contributed by atoms with Gasteiger partial charge in [0.15, 0.2) is 0 Å². The Morgan fingerprint density at radius 3 is 1.90 bits per heavy atom. The molecular weight excluding hydrogens is 380 g/mol. The molecule has 30 heavy (non-hydrogen) atoms. The SMILES string of the molecule is COc1ccc2c(c1)c1cc(OC)ccc1n2-c1ccc(/C=C(\C#N)C(=O)O)cc1. The third kappa shape index (κ3) is 3.23. The molecule has 0 aliphatic rings. The largest absolute Gasteiger partial charge is 0.497 e. The van der Waals surface area contributed by atoms with Gasteiger partial charge in [-0.05, 0) is 60.2 Å². The summed E-state index contributed by atoms with van der Waals surface area (Å²) in [6.45, 7) is 0. The number of carboxylic acid groups (broad SMARTS) is 1. The Morgan fingerprint density at radius 1 is 0.933 bits per heavy atom. The van der Waals surface area contributed by atoms with Gasteiger partial charge in [0.2, 0.25) is 0 Å². The van der Waals surface area contributed by atoms with Gasteiger partial charge in [-0.3, -0.25) is 0 Å². The van der Waals surface area contributed by atoms with Crippen LogP contribution >= 0.6 is 0 Å². The van der Waals surface area contributed by atoms with Gasteiger partial charge in [-0.1, -0.05) is 12.1 Å². The molecule has 0 bridgehead atoms. The van der Waals surface area contributed by atoms with E-state index in [4.69, 9.17) is 19.8 Å². The van der Waals surface area contributed by atoms with Crippen LogP contribution in [0.25, 0.3) is 33.6 Å². The van der Waals surface area contributed by atoms with Crippen LogP contribution in [0.2, 0.25) is 0 Å². The number of aliphatic carboxylic acids is 1. The van der Waals surface area contributed by atoms with Crippen LogP contribution in [0.15, 0.2) is 66.2 Å². The normalized spacial score (nSPS) is 11.4. The highest BCUT2D eigenvalue weighted by Crippen LogP contribution is 2.36. The molecule has 0 saturated carbocycles. The Kier molecular flexibility index (Phi) is 4.87. The van der Waals surface area contributed by atoms with E-state index in [2.05, 4.69) is 4.57 Å². The minimum atomic E-state index is -1.24. The molecule has 1 aromatic heterocycles. The number of fused-ring (bicyclic) bond motifs is 3. The number of ether oxygens (including phenoxy) is 2. The molecule has 0 radical (unpaired) electrons. The van der Waals surface area contributed by atoms with E-state index in [1.807, 2.05) is 48.5 Å². The Balaban J connectivity index is 1.92. The van der Waals surface area contributed by atoms with Crippen LogP contribution in [-0.2, 0) is 4.79 Å². The number of methoxy groups -OCH3 is 2. The number of hydrogen-bond donors (Lipinski definition) is 1. The lowest BCUT2D eigenvalue weighted by molar-refractivity contribution is -0.132. The minimum absolute atomic E-state index is 0.307. The third-order valence-electron chi connectivity index (χ3n) is 4.99. The van der Waals surface area contributed by atoms with E-state index in [1.54, 1.807) is 32.4 Å². The van der Waals surface area contributed by atoms with Crippen LogP contribution in [0.5, 0.6) is 11.5 Å². The highest BCUT2D eigenvalue weighted by atomic mass is 16.5. The summed E-state index contributed by atoms with van der Waals surface area (Å²) >= 11 is 0. The molecular formula is C24H18N2O4. The molecule has 0 unspecified atom stereocenters. The monoisotopic (exact) mass is 398 g/mol. The Bertz CT molecular complexity index is 1280. The van der Waals surface area contributed by atoms with Gasteiger partial charge in [0.25, 0.3) is 0 Å². The van der Waals surface area contributed by atoms with Crippen molar-refractivity contribution in [2.75, 3.05) is 14.2 Å². The maximum Gasteiger partial charge on any atom is 0.346 e. The number of nitriles is 1. The molecule has 0 atom stereocenters. The zero-order chi connectivity index (χ0) is 21.3. The second-order valence-electron chi connectivity index (χ2n) is 6.67. The first-order valence-electron chi connectivity index (χ1n) is 9.17. The molecule has 4 aromatic rings. The van der Waals surface area contributed by atoms with Crippen LogP contribution in [0.1, 0.15) is 5.56 Å². The minimum Gasteiger partial charge on any atom is -0.497 e. The fourth-order valence-corrected chi connectivity index (χ4v) is 3.54. The van der Waals surface area contributed by atoms with E-state index in [9.17, 15) is 4.79 Å². The van der Waals surface area contributed by atoms with Crippen molar-refractivity contribution in [1.29, 1.82) is 5.26 Å². The fraction of sp³-hybridized carbons (Fsp3) is 0.0833. The number of nitrogens with zero attached hydrogens (tertiary/aromatic N) is 2. The van der Waals surface area contributed by atoms with Gasteiger partial charge in [-0.15, -0.1) is 0 Å². The van der Waals surface area contributed by atoms with E-state index in [-0.39, 0.29) is 5.57 Å². The first kappa shape index (κ1) is 19.1.